The number of pyridine rings is 2. The van der Waals surface area contributed by atoms with Gasteiger partial charge in [-0.3, -0.25) is 38.7 Å². The van der Waals surface area contributed by atoms with Crippen molar-refractivity contribution in [2.75, 3.05) is 48.5 Å². The molecule has 2 amide bonds. The number of esters is 2. The molecule has 26 atom stereocenters. The van der Waals surface area contributed by atoms with E-state index < -0.39 is 167 Å². The van der Waals surface area contributed by atoms with Crippen molar-refractivity contribution in [2.45, 2.75) is 277 Å². The lowest BCUT2D eigenvalue weighted by molar-refractivity contribution is -0.296. The second-order valence-electron chi connectivity index (χ2n) is 33.7. The summed E-state index contributed by atoms with van der Waals surface area (Å²) in [7, 11) is 8.98. The molecule has 624 valence electrons. The summed E-state index contributed by atoms with van der Waals surface area (Å²) in [6.07, 6.45) is 5.57. The summed E-state index contributed by atoms with van der Waals surface area (Å²) in [5.41, 5.74) is -1.94. The van der Waals surface area contributed by atoms with Gasteiger partial charge < -0.3 is 82.2 Å². The fourth-order valence-electron chi connectivity index (χ4n) is 18.2. The highest BCUT2D eigenvalue weighted by Gasteiger charge is 2.62. The Hall–Kier alpha value is -7.51. The quantitative estimate of drug-likeness (QED) is 0.0340. The number of aliphatic hydroxyl groups excluding tert-OH is 2. The Morgan fingerprint density at radius 2 is 1.18 bits per heavy atom. The summed E-state index contributed by atoms with van der Waals surface area (Å²) < 4.78 is 64.6. The van der Waals surface area contributed by atoms with Gasteiger partial charge in [0.15, 0.2) is 35.3 Å². The van der Waals surface area contributed by atoms with Crippen LogP contribution in [0.5, 0.6) is 0 Å². The van der Waals surface area contributed by atoms with E-state index in [1.54, 1.807) is 99.1 Å². The Morgan fingerprint density at radius 3 is 1.73 bits per heavy atom. The number of carbonyl (C=O) groups is 8. The lowest BCUT2D eigenvalue weighted by Crippen LogP contribution is -2.60. The first kappa shape index (κ1) is 89.4. The number of ketones is 4. The number of aryl methyl sites for hydroxylation is 1. The van der Waals surface area contributed by atoms with Gasteiger partial charge in [0.1, 0.15) is 47.8 Å². The van der Waals surface area contributed by atoms with Crippen LogP contribution in [0, 0.1) is 47.3 Å². The number of aliphatic hydroxyl groups is 2. The Kier molecular flexibility index (Phi) is 29.8. The number of nitrogens with zero attached hydrogens (tertiary/aromatic N) is 7. The molecular weight excluding hydrogens is 1450 g/mol. The number of para-hydroxylation sites is 1. The Bertz CT molecular complexity index is 3990. The van der Waals surface area contributed by atoms with Crippen LogP contribution in [0.25, 0.3) is 28.2 Å². The molecule has 0 saturated carbocycles. The molecule has 0 bridgehead atoms. The molecule has 6 fully saturated rings. The molecule has 6 aliphatic rings. The monoisotopic (exact) mass is 1580 g/mol. The van der Waals surface area contributed by atoms with Gasteiger partial charge in [-0.1, -0.05) is 85.7 Å². The van der Waals surface area contributed by atoms with Gasteiger partial charge in [0, 0.05) is 104 Å². The predicted octanol–water partition coefficient (Wildman–Crippen LogP) is 10.0. The number of unbranched alkanes of at least 4 members (excludes halogenated alkanes) is 1. The number of benzene rings is 1. The lowest BCUT2D eigenvalue weighted by Gasteiger charge is -2.47. The first-order chi connectivity index (χ1) is 53.3. The molecular formula is C85H124N8O20. The summed E-state index contributed by atoms with van der Waals surface area (Å²) in [5.74, 6) is -10.1. The van der Waals surface area contributed by atoms with Gasteiger partial charge in [-0.25, -0.2) is 14.6 Å². The summed E-state index contributed by atoms with van der Waals surface area (Å²) in [6, 6.07) is 11.4. The molecule has 0 spiro atoms. The Balaban J connectivity index is 0.000000259. The van der Waals surface area contributed by atoms with Crippen molar-refractivity contribution in [2.24, 2.45) is 47.3 Å². The average molecular weight is 1580 g/mol. The molecule has 6 saturated heterocycles. The topological polar surface area (TPSA) is 335 Å². The van der Waals surface area contributed by atoms with Gasteiger partial charge in [-0.05, 0) is 165 Å². The maximum absolute atomic E-state index is 14.7. The zero-order chi connectivity index (χ0) is 83.1. The first-order valence-electron chi connectivity index (χ1n) is 40.2. The smallest absolute Gasteiger partial charge is 0.410 e. The van der Waals surface area contributed by atoms with E-state index in [1.807, 2.05) is 131 Å². The van der Waals surface area contributed by atoms with E-state index in [2.05, 4.69) is 20.3 Å². The minimum Gasteiger partial charge on any atom is -0.458 e. The van der Waals surface area contributed by atoms with Crippen LogP contribution in [-0.4, -0.2) is 248 Å². The van der Waals surface area contributed by atoms with Crippen LogP contribution in [0.3, 0.4) is 0 Å². The molecule has 10 rings (SSSR count). The number of Topliss-reactive ketones (excluding diaryl/α,β-unsaturated/α-hetero) is 4. The first-order valence-corrected chi connectivity index (χ1v) is 40.2. The molecule has 0 aliphatic carbocycles. The highest BCUT2D eigenvalue weighted by atomic mass is 16.7. The zero-order valence-electron chi connectivity index (χ0n) is 69.9. The third-order valence-electron chi connectivity index (χ3n) is 24.7. The standard InChI is InChI=1S/C43H65N5O10.C42H59N3O10/c1-12-33-43(8)37(48(41(53)58-43)19-14-13-18-47-23-31(45-24-47)30-16-15-17-44-22-30)27(4)34(49)25(2)21-42(7,54-11)38(28(5)35(50)29(6)39(52)56-33)57-40-36(51)32(46(9)10)20-26(3)55-40;1-11-32-42(8)36(44-40(50)55-42)25(4)33(46)23(2)21-41(7,51-18-14-15-28-20-29-16-12-13-17-30(29)43-22-28)37(26(5)34(47)27(6)38(49)53-32)54-39-35(48)31(45(9)10)19-24(3)52-39/h15-17,22-29,32-33,36-38,40,51H,12-14,18-21H2,1-11H3;12-17,20,22-27,31-32,35-37,39,48H,11,18-19,21H2,1-10H3,(H,44,50)/b;15-14+/t25-,26-,27+,28+,29-,32+,33-,36-,37-,38-,40+,42-,43-;23-,24-,25+,26+,27-,31+,32-,35-,36-,37-,39+,41-,42-/m11/s1. The molecule has 6 aliphatic heterocycles. The fourth-order valence-corrected chi connectivity index (χ4v) is 18.2. The summed E-state index contributed by atoms with van der Waals surface area (Å²) >= 11 is 0. The van der Waals surface area contributed by atoms with Crippen LogP contribution in [-0.2, 0) is 82.7 Å². The maximum atomic E-state index is 14.7. The maximum Gasteiger partial charge on any atom is 0.410 e. The number of amides is 2. The SMILES string of the molecule is CC[C@H]1OC(=O)[C@H](C)C(=O)[C@H](C)[C@@H](O[C@@H]2O[C@H](C)C[C@H](N(C)C)[C@H]2O)[C@](C)(OC)C[C@@H](C)C(=O)[C@H](C)[C@H]2N(CCCCn3cnc(-c4cccnc4)c3)C(=O)O[C@]12C.CC[C@H]1OC(=O)[C@H](C)C(=O)[C@H](C)[C@@H](O[C@@H]2O[C@H](C)C[C@H](N(C)C)[C@H]2O)[C@](C)(OC/C=C/c2cnc3ccccc3c2)C[C@@H](C)C(=O)[C@H](C)[C@H]2NC(=O)O[C@@]21C. The molecule has 9 heterocycles. The van der Waals surface area contributed by atoms with Crippen molar-refractivity contribution >= 4 is 64.2 Å². The predicted molar refractivity (Wildman–Crippen MR) is 420 cm³/mol. The second kappa shape index (κ2) is 37.6. The van der Waals surface area contributed by atoms with E-state index in [0.717, 1.165) is 27.7 Å². The summed E-state index contributed by atoms with van der Waals surface area (Å²) in [4.78, 5) is 131. The number of ether oxygens (including phenoxy) is 10. The zero-order valence-corrected chi connectivity index (χ0v) is 69.9. The van der Waals surface area contributed by atoms with Gasteiger partial charge in [0.05, 0.1) is 71.8 Å². The van der Waals surface area contributed by atoms with Crippen molar-refractivity contribution in [1.82, 2.24) is 39.5 Å². The van der Waals surface area contributed by atoms with Crippen molar-refractivity contribution in [3.63, 3.8) is 0 Å². The van der Waals surface area contributed by atoms with E-state index in [4.69, 9.17) is 47.4 Å². The molecule has 3 aromatic heterocycles. The van der Waals surface area contributed by atoms with E-state index in [1.165, 1.54) is 21.0 Å². The fraction of sp³-hybridized carbons (Fsp3) is 0.682. The number of cyclic esters (lactones) is 2. The summed E-state index contributed by atoms with van der Waals surface area (Å²) in [6.45, 7) is 28.8. The molecule has 0 radical (unpaired) electrons. The minimum atomic E-state index is -1.40. The average Bonchev–Trinajstić information content (AvgIpc) is 1.62. The highest BCUT2D eigenvalue weighted by Crippen LogP contribution is 2.45. The number of imidazole rings is 1. The van der Waals surface area contributed by atoms with Crippen molar-refractivity contribution in [3.05, 3.63) is 85.2 Å². The van der Waals surface area contributed by atoms with E-state index in [0.29, 0.717) is 38.8 Å². The third kappa shape index (κ3) is 19.8. The van der Waals surface area contributed by atoms with Crippen LogP contribution < -0.4 is 5.32 Å². The molecule has 28 nitrogen and oxygen atoms in total. The molecule has 4 aromatic rings. The number of hydrogen-bond acceptors (Lipinski definition) is 25. The van der Waals surface area contributed by atoms with E-state index in [-0.39, 0.29) is 68.1 Å². The second-order valence-corrected chi connectivity index (χ2v) is 33.7. The Morgan fingerprint density at radius 1 is 0.637 bits per heavy atom. The molecule has 1 aromatic carbocycles. The van der Waals surface area contributed by atoms with Gasteiger partial charge in [0.25, 0.3) is 0 Å². The number of nitrogens with one attached hydrogen (secondary N) is 1. The number of carbonyl (C=O) groups excluding carboxylic acids is 8. The van der Waals surface area contributed by atoms with Crippen LogP contribution >= 0.6 is 0 Å². The van der Waals surface area contributed by atoms with E-state index in [9.17, 15) is 48.6 Å². The van der Waals surface area contributed by atoms with Gasteiger partial charge in [-0.2, -0.15) is 0 Å². The van der Waals surface area contributed by atoms with Gasteiger partial charge >= 0.3 is 24.1 Å². The van der Waals surface area contributed by atoms with E-state index >= 15 is 0 Å². The molecule has 0 unspecified atom stereocenters. The molecule has 3 N–H and O–H groups in total. The molecule has 113 heavy (non-hydrogen) atoms. The van der Waals surface area contributed by atoms with Crippen molar-refractivity contribution in [1.29, 1.82) is 0 Å². The van der Waals surface area contributed by atoms with Gasteiger partial charge in [-0.15, -0.1) is 0 Å². The minimum absolute atomic E-state index is 0.0612. The number of alkyl carbamates (subject to hydrolysis) is 1. The number of methoxy groups -OCH3 is 1. The summed E-state index contributed by atoms with van der Waals surface area (Å²) in [5, 5.41) is 26.8. The third-order valence-corrected chi connectivity index (χ3v) is 24.7. The van der Waals surface area contributed by atoms with Crippen molar-refractivity contribution in [3.8, 4) is 11.3 Å². The molecule has 28 heteroatoms. The number of rotatable bonds is 19. The number of likely N-dealkylation sites (N-methyl/N-ethyl adjacent to an activating group) is 2. The van der Waals surface area contributed by atoms with Crippen LogP contribution in [0.4, 0.5) is 9.59 Å². The van der Waals surface area contributed by atoms with Crippen LogP contribution in [0.15, 0.2) is 79.7 Å². The normalized spacial score (nSPS) is 37.4. The number of fused-ring (bicyclic) bond motifs is 3. The number of aromatic nitrogens is 4. The largest absolute Gasteiger partial charge is 0.458 e. The highest BCUT2D eigenvalue weighted by molar-refractivity contribution is 6.01. The Labute approximate surface area is 665 Å². The van der Waals surface area contributed by atoms with Crippen molar-refractivity contribution < 1.29 is 95.9 Å². The van der Waals surface area contributed by atoms with Gasteiger partial charge in [0.2, 0.25) is 0 Å². The number of hydrogen-bond donors (Lipinski definition) is 3. The van der Waals surface area contributed by atoms with Crippen LogP contribution in [0.1, 0.15) is 168 Å². The lowest BCUT2D eigenvalue weighted by atomic mass is 9.73. The van der Waals surface area contributed by atoms with Crippen LogP contribution in [0.2, 0.25) is 0 Å².